The molecule has 0 spiro atoms. The molecular weight excluding hydrogens is 346 g/mol. The van der Waals surface area contributed by atoms with Crippen molar-refractivity contribution in [1.82, 2.24) is 19.9 Å². The van der Waals surface area contributed by atoms with Gasteiger partial charge in [-0.1, -0.05) is 15.9 Å². The number of rotatable bonds is 3. The van der Waals surface area contributed by atoms with Crippen molar-refractivity contribution in [1.29, 1.82) is 0 Å². The second-order valence-corrected chi connectivity index (χ2v) is 5.20. The van der Waals surface area contributed by atoms with Gasteiger partial charge in [-0.05, 0) is 23.7 Å². The van der Waals surface area contributed by atoms with E-state index in [2.05, 4.69) is 41.2 Å². The predicted molar refractivity (Wildman–Crippen MR) is 80.7 cm³/mol. The molecule has 0 radical (unpaired) electrons. The standard InChI is InChI=1S/C12H9BrClN5O/c1-20-8-3-6(13)2-7(4-8)17-11-9-10(16-5-15-9)18-12(14)19-11/h2-5H,1H3,(H2,15,16,17,18,19). The zero-order chi connectivity index (χ0) is 14.1. The fourth-order valence-electron chi connectivity index (χ4n) is 1.79. The second kappa shape index (κ2) is 5.26. The number of hydrogen-bond acceptors (Lipinski definition) is 5. The van der Waals surface area contributed by atoms with E-state index in [0.29, 0.717) is 17.0 Å². The van der Waals surface area contributed by atoms with E-state index in [-0.39, 0.29) is 5.28 Å². The largest absolute Gasteiger partial charge is 0.497 e. The van der Waals surface area contributed by atoms with E-state index in [1.807, 2.05) is 18.2 Å². The number of H-pyrrole nitrogens is 1. The summed E-state index contributed by atoms with van der Waals surface area (Å²) in [5, 5.41) is 3.31. The van der Waals surface area contributed by atoms with Crippen molar-refractivity contribution in [3.05, 3.63) is 34.3 Å². The number of imidazole rings is 1. The Morgan fingerprint density at radius 2 is 2.15 bits per heavy atom. The lowest BCUT2D eigenvalue weighted by Crippen LogP contribution is -1.97. The number of anilines is 2. The number of halogens is 2. The quantitative estimate of drug-likeness (QED) is 0.704. The molecule has 0 unspecified atom stereocenters. The first kappa shape index (κ1) is 13.1. The number of nitrogens with zero attached hydrogens (tertiary/aromatic N) is 3. The molecule has 3 aromatic rings. The van der Waals surface area contributed by atoms with Crippen molar-refractivity contribution in [2.24, 2.45) is 0 Å². The van der Waals surface area contributed by atoms with Gasteiger partial charge in [-0.15, -0.1) is 0 Å². The molecule has 1 aromatic carbocycles. The Balaban J connectivity index is 2.04. The summed E-state index contributed by atoms with van der Waals surface area (Å²) >= 11 is 9.31. The summed E-state index contributed by atoms with van der Waals surface area (Å²) in [5.41, 5.74) is 2.00. The normalized spacial score (nSPS) is 10.8. The first-order valence-electron chi connectivity index (χ1n) is 5.64. The molecule has 0 bridgehead atoms. The van der Waals surface area contributed by atoms with Gasteiger partial charge in [0.15, 0.2) is 11.5 Å². The summed E-state index contributed by atoms with van der Waals surface area (Å²) in [4.78, 5) is 15.2. The molecule has 0 amide bonds. The van der Waals surface area contributed by atoms with Crippen LogP contribution in [-0.4, -0.2) is 27.0 Å². The molecule has 2 aromatic heterocycles. The Kier molecular flexibility index (Phi) is 3.45. The van der Waals surface area contributed by atoms with E-state index in [1.165, 1.54) is 0 Å². The van der Waals surface area contributed by atoms with Gasteiger partial charge in [-0.3, -0.25) is 0 Å². The van der Waals surface area contributed by atoms with Crippen LogP contribution >= 0.6 is 27.5 Å². The lowest BCUT2D eigenvalue weighted by molar-refractivity contribution is 0.415. The van der Waals surface area contributed by atoms with E-state index in [0.717, 1.165) is 15.9 Å². The van der Waals surface area contributed by atoms with Gasteiger partial charge in [0.05, 0.1) is 13.4 Å². The maximum absolute atomic E-state index is 5.89. The Morgan fingerprint density at radius 3 is 2.95 bits per heavy atom. The van der Waals surface area contributed by atoms with Gasteiger partial charge in [-0.2, -0.15) is 9.97 Å². The third-order valence-electron chi connectivity index (χ3n) is 2.63. The molecule has 0 aliphatic carbocycles. The molecule has 102 valence electrons. The fraction of sp³-hybridized carbons (Fsp3) is 0.0833. The van der Waals surface area contributed by atoms with Crippen LogP contribution < -0.4 is 10.1 Å². The maximum Gasteiger partial charge on any atom is 0.226 e. The lowest BCUT2D eigenvalue weighted by atomic mass is 10.3. The number of hydrogen-bond donors (Lipinski definition) is 2. The van der Waals surface area contributed by atoms with Crippen molar-refractivity contribution in [3.63, 3.8) is 0 Å². The van der Waals surface area contributed by atoms with Gasteiger partial charge >= 0.3 is 0 Å². The summed E-state index contributed by atoms with van der Waals surface area (Å²) in [5.74, 6) is 1.28. The molecule has 0 aliphatic heterocycles. The first-order chi connectivity index (χ1) is 9.65. The summed E-state index contributed by atoms with van der Waals surface area (Å²) in [6.45, 7) is 0. The number of benzene rings is 1. The molecular formula is C12H9BrClN5O. The molecule has 6 nitrogen and oxygen atoms in total. The molecule has 0 fully saturated rings. The monoisotopic (exact) mass is 353 g/mol. The third-order valence-corrected chi connectivity index (χ3v) is 3.25. The number of methoxy groups -OCH3 is 1. The molecule has 2 N–H and O–H groups in total. The van der Waals surface area contributed by atoms with E-state index in [4.69, 9.17) is 16.3 Å². The highest BCUT2D eigenvalue weighted by molar-refractivity contribution is 9.10. The smallest absolute Gasteiger partial charge is 0.226 e. The topological polar surface area (TPSA) is 75.7 Å². The number of aromatic amines is 1. The van der Waals surface area contributed by atoms with Crippen LogP contribution in [0.1, 0.15) is 0 Å². The molecule has 2 heterocycles. The van der Waals surface area contributed by atoms with Crippen LogP contribution in [-0.2, 0) is 0 Å². The highest BCUT2D eigenvalue weighted by atomic mass is 79.9. The van der Waals surface area contributed by atoms with Crippen LogP contribution in [0, 0.1) is 0 Å². The molecule has 0 aliphatic rings. The highest BCUT2D eigenvalue weighted by Crippen LogP contribution is 2.28. The summed E-state index contributed by atoms with van der Waals surface area (Å²) in [7, 11) is 1.61. The number of nitrogens with one attached hydrogen (secondary N) is 2. The minimum atomic E-state index is 0.133. The SMILES string of the molecule is COc1cc(Br)cc(Nc2nc(Cl)nc3nc[nH]c23)c1. The summed E-state index contributed by atoms with van der Waals surface area (Å²) in [6.07, 6.45) is 1.54. The fourth-order valence-corrected chi connectivity index (χ4v) is 2.42. The van der Waals surface area contributed by atoms with Crippen molar-refractivity contribution < 1.29 is 4.74 Å². The minimum Gasteiger partial charge on any atom is -0.497 e. The molecule has 0 saturated heterocycles. The lowest BCUT2D eigenvalue weighted by Gasteiger charge is -2.09. The third kappa shape index (κ3) is 2.54. The van der Waals surface area contributed by atoms with Crippen LogP contribution in [0.4, 0.5) is 11.5 Å². The van der Waals surface area contributed by atoms with Crippen LogP contribution in [0.2, 0.25) is 5.28 Å². The zero-order valence-corrected chi connectivity index (χ0v) is 12.7. The zero-order valence-electron chi connectivity index (χ0n) is 10.3. The number of fused-ring (bicyclic) bond motifs is 1. The molecule has 8 heteroatoms. The minimum absolute atomic E-state index is 0.133. The Hall–Kier alpha value is -1.86. The van der Waals surface area contributed by atoms with Gasteiger partial charge < -0.3 is 15.0 Å². The maximum atomic E-state index is 5.89. The Bertz CT molecular complexity index is 776. The van der Waals surface area contributed by atoms with Crippen LogP contribution in [0.5, 0.6) is 5.75 Å². The van der Waals surface area contributed by atoms with Crippen molar-refractivity contribution in [2.75, 3.05) is 12.4 Å². The van der Waals surface area contributed by atoms with Crippen molar-refractivity contribution >= 4 is 50.2 Å². The van der Waals surface area contributed by atoms with Gasteiger partial charge in [0, 0.05) is 16.2 Å². The van der Waals surface area contributed by atoms with E-state index in [1.54, 1.807) is 13.4 Å². The van der Waals surface area contributed by atoms with E-state index >= 15 is 0 Å². The van der Waals surface area contributed by atoms with Gasteiger partial charge in [-0.25, -0.2) is 4.98 Å². The van der Waals surface area contributed by atoms with Crippen LogP contribution in [0.15, 0.2) is 29.0 Å². The van der Waals surface area contributed by atoms with Gasteiger partial charge in [0.2, 0.25) is 5.28 Å². The molecule has 0 saturated carbocycles. The number of aromatic nitrogens is 4. The molecule has 0 atom stereocenters. The average Bonchev–Trinajstić information content (AvgIpc) is 2.86. The highest BCUT2D eigenvalue weighted by Gasteiger charge is 2.10. The second-order valence-electron chi connectivity index (χ2n) is 3.95. The average molecular weight is 355 g/mol. The van der Waals surface area contributed by atoms with Crippen molar-refractivity contribution in [3.8, 4) is 5.75 Å². The van der Waals surface area contributed by atoms with Crippen molar-refractivity contribution in [2.45, 2.75) is 0 Å². The van der Waals surface area contributed by atoms with E-state index < -0.39 is 0 Å². The first-order valence-corrected chi connectivity index (χ1v) is 6.81. The van der Waals surface area contributed by atoms with Crippen LogP contribution in [0.25, 0.3) is 11.2 Å². The van der Waals surface area contributed by atoms with Gasteiger partial charge in [0.1, 0.15) is 11.3 Å². The predicted octanol–water partition coefficient (Wildman–Crippen LogP) is 3.52. The van der Waals surface area contributed by atoms with Gasteiger partial charge in [0.25, 0.3) is 0 Å². The number of ether oxygens (including phenoxy) is 1. The van der Waals surface area contributed by atoms with Crippen LogP contribution in [0.3, 0.4) is 0 Å². The molecule has 20 heavy (non-hydrogen) atoms. The summed E-state index contributed by atoms with van der Waals surface area (Å²) in [6, 6.07) is 5.62. The van der Waals surface area contributed by atoms with E-state index in [9.17, 15) is 0 Å². The summed E-state index contributed by atoms with van der Waals surface area (Å²) < 4.78 is 6.11. The Morgan fingerprint density at radius 1 is 1.30 bits per heavy atom. The Labute approximate surface area is 127 Å². The molecule has 3 rings (SSSR count).